The molecule has 0 fully saturated rings. The third-order valence-electron chi connectivity index (χ3n) is 2.09. The van der Waals surface area contributed by atoms with Crippen LogP contribution in [0.15, 0.2) is 11.5 Å². The van der Waals surface area contributed by atoms with Gasteiger partial charge in [0.2, 0.25) is 5.91 Å². The molecular formula is C11H13F3N2O2S. The van der Waals surface area contributed by atoms with Crippen molar-refractivity contribution in [3.63, 3.8) is 0 Å². The molecule has 0 saturated heterocycles. The van der Waals surface area contributed by atoms with Gasteiger partial charge in [0.15, 0.2) is 0 Å². The molecule has 1 heterocycles. The molecule has 1 aromatic heterocycles. The van der Waals surface area contributed by atoms with Gasteiger partial charge in [0.05, 0.1) is 17.3 Å². The van der Waals surface area contributed by atoms with Crippen molar-refractivity contribution in [1.82, 2.24) is 9.88 Å². The molecule has 0 unspecified atom stereocenters. The lowest BCUT2D eigenvalue weighted by atomic mass is 10.3. The normalized spacial score (nSPS) is 12.1. The largest absolute Gasteiger partial charge is 0.406 e. The molecule has 1 amide bonds. The zero-order chi connectivity index (χ0) is 14.5. The van der Waals surface area contributed by atoms with Crippen molar-refractivity contribution in [3.8, 4) is 0 Å². The van der Waals surface area contributed by atoms with Gasteiger partial charge in [0.1, 0.15) is 6.54 Å². The van der Waals surface area contributed by atoms with Crippen molar-refractivity contribution in [3.05, 3.63) is 22.2 Å². The van der Waals surface area contributed by atoms with Gasteiger partial charge in [-0.25, -0.2) is 4.98 Å². The predicted octanol–water partition coefficient (Wildman–Crippen LogP) is 1.85. The molecule has 0 bridgehead atoms. The number of aliphatic hydroxyl groups is 1. The standard InChI is InChI=1S/C11H13F3N2O2S/c1-8-15-9(6-19-8)2-3-10(18)16(4-5-17)7-11(12,13)14/h2-3,6,17H,4-5,7H2,1H3/b3-2+. The summed E-state index contributed by atoms with van der Waals surface area (Å²) in [5, 5.41) is 11.2. The fraction of sp³-hybridized carbons (Fsp3) is 0.455. The lowest BCUT2D eigenvalue weighted by Gasteiger charge is -2.21. The summed E-state index contributed by atoms with van der Waals surface area (Å²) in [5.41, 5.74) is 0.520. The molecule has 0 aliphatic rings. The first-order valence-corrected chi connectivity index (χ1v) is 6.26. The highest BCUT2D eigenvalue weighted by Crippen LogP contribution is 2.17. The highest BCUT2D eigenvalue weighted by Gasteiger charge is 2.32. The maximum atomic E-state index is 12.2. The van der Waals surface area contributed by atoms with Crippen LogP contribution in [0.4, 0.5) is 13.2 Å². The molecule has 19 heavy (non-hydrogen) atoms. The van der Waals surface area contributed by atoms with E-state index in [2.05, 4.69) is 4.98 Å². The Labute approximate surface area is 112 Å². The molecule has 1 rings (SSSR count). The number of aryl methyl sites for hydroxylation is 1. The van der Waals surface area contributed by atoms with Gasteiger partial charge in [-0.15, -0.1) is 11.3 Å². The van der Waals surface area contributed by atoms with Crippen LogP contribution in [0.1, 0.15) is 10.7 Å². The van der Waals surface area contributed by atoms with E-state index < -0.39 is 25.2 Å². The second kappa shape index (κ2) is 6.67. The molecule has 0 aliphatic heterocycles. The summed E-state index contributed by atoms with van der Waals surface area (Å²) in [4.78, 5) is 16.2. The first-order valence-electron chi connectivity index (χ1n) is 5.38. The lowest BCUT2D eigenvalue weighted by Crippen LogP contribution is -2.39. The fourth-order valence-electron chi connectivity index (χ4n) is 1.32. The Balaban J connectivity index is 2.69. The predicted molar refractivity (Wildman–Crippen MR) is 65.6 cm³/mol. The fourth-order valence-corrected chi connectivity index (χ4v) is 1.90. The Bertz CT molecular complexity index is 457. The van der Waals surface area contributed by atoms with Gasteiger partial charge in [-0.05, 0) is 13.0 Å². The van der Waals surface area contributed by atoms with Crippen molar-refractivity contribution in [2.75, 3.05) is 19.7 Å². The highest BCUT2D eigenvalue weighted by molar-refractivity contribution is 7.09. The van der Waals surface area contributed by atoms with Gasteiger partial charge < -0.3 is 10.0 Å². The summed E-state index contributed by atoms with van der Waals surface area (Å²) < 4.78 is 36.7. The number of thiazole rings is 1. The summed E-state index contributed by atoms with van der Waals surface area (Å²) >= 11 is 1.38. The number of amides is 1. The summed E-state index contributed by atoms with van der Waals surface area (Å²) in [6.07, 6.45) is -2.11. The van der Waals surface area contributed by atoms with Crippen molar-refractivity contribution in [2.45, 2.75) is 13.1 Å². The van der Waals surface area contributed by atoms with Crippen molar-refractivity contribution in [2.24, 2.45) is 0 Å². The maximum Gasteiger partial charge on any atom is 0.406 e. The zero-order valence-electron chi connectivity index (χ0n) is 10.1. The van der Waals surface area contributed by atoms with E-state index in [1.807, 2.05) is 0 Å². The number of halogens is 3. The molecule has 0 aliphatic carbocycles. The molecule has 106 valence electrons. The first-order chi connectivity index (χ1) is 8.81. The van der Waals surface area contributed by atoms with E-state index in [0.717, 1.165) is 11.1 Å². The Morgan fingerprint density at radius 1 is 1.58 bits per heavy atom. The number of aromatic nitrogens is 1. The molecule has 8 heteroatoms. The SMILES string of the molecule is Cc1nc(/C=C/C(=O)N(CCO)CC(F)(F)F)cs1. The number of alkyl halides is 3. The van der Waals surface area contributed by atoms with Gasteiger partial charge in [-0.1, -0.05) is 0 Å². The minimum atomic E-state index is -4.49. The van der Waals surface area contributed by atoms with Gasteiger partial charge in [0, 0.05) is 18.0 Å². The number of hydrogen-bond acceptors (Lipinski definition) is 4. The number of carbonyl (C=O) groups excluding carboxylic acids is 1. The quantitative estimate of drug-likeness (QED) is 0.843. The number of hydrogen-bond donors (Lipinski definition) is 1. The number of aliphatic hydroxyl groups excluding tert-OH is 1. The minimum Gasteiger partial charge on any atom is -0.395 e. The van der Waals surface area contributed by atoms with Gasteiger partial charge in [-0.2, -0.15) is 13.2 Å². The van der Waals surface area contributed by atoms with Crippen molar-refractivity contribution >= 4 is 23.3 Å². The number of nitrogens with zero attached hydrogens (tertiary/aromatic N) is 2. The van der Waals surface area contributed by atoms with Crippen LogP contribution in [-0.4, -0.2) is 46.8 Å². The van der Waals surface area contributed by atoms with Gasteiger partial charge in [-0.3, -0.25) is 4.79 Å². The van der Waals surface area contributed by atoms with Gasteiger partial charge in [0.25, 0.3) is 0 Å². The van der Waals surface area contributed by atoms with Crippen molar-refractivity contribution in [1.29, 1.82) is 0 Å². The molecular weight excluding hydrogens is 281 g/mol. The molecule has 0 spiro atoms. The third-order valence-corrected chi connectivity index (χ3v) is 2.88. The molecule has 1 N–H and O–H groups in total. The molecule has 0 radical (unpaired) electrons. The van der Waals surface area contributed by atoms with Gasteiger partial charge >= 0.3 is 6.18 Å². The molecule has 1 aromatic rings. The van der Waals surface area contributed by atoms with E-state index in [-0.39, 0.29) is 6.54 Å². The molecule has 0 atom stereocenters. The van der Waals surface area contributed by atoms with Crippen LogP contribution in [0.3, 0.4) is 0 Å². The van der Waals surface area contributed by atoms with E-state index in [4.69, 9.17) is 5.11 Å². The average molecular weight is 294 g/mol. The third kappa shape index (κ3) is 5.84. The Hall–Kier alpha value is -1.41. The van der Waals surface area contributed by atoms with E-state index in [1.54, 1.807) is 12.3 Å². The lowest BCUT2D eigenvalue weighted by molar-refractivity contribution is -0.158. The summed E-state index contributed by atoms with van der Waals surface area (Å²) in [5.74, 6) is -0.808. The van der Waals surface area contributed by atoms with Crippen molar-refractivity contribution < 1.29 is 23.1 Å². The van der Waals surface area contributed by atoms with E-state index in [9.17, 15) is 18.0 Å². The second-order valence-corrected chi connectivity index (χ2v) is 4.79. The smallest absolute Gasteiger partial charge is 0.395 e. The summed E-state index contributed by atoms with van der Waals surface area (Å²) in [7, 11) is 0. The second-order valence-electron chi connectivity index (χ2n) is 3.72. The van der Waals surface area contributed by atoms with Crippen LogP contribution in [0.25, 0.3) is 6.08 Å². The average Bonchev–Trinajstić information content (AvgIpc) is 2.70. The Morgan fingerprint density at radius 2 is 2.26 bits per heavy atom. The van der Waals surface area contributed by atoms with Crippen LogP contribution in [0.5, 0.6) is 0 Å². The Morgan fingerprint density at radius 3 is 2.74 bits per heavy atom. The number of rotatable bonds is 5. The Kier molecular flexibility index (Phi) is 5.49. The summed E-state index contributed by atoms with van der Waals surface area (Å²) in [6.45, 7) is -0.484. The highest BCUT2D eigenvalue weighted by atomic mass is 32.1. The summed E-state index contributed by atoms with van der Waals surface area (Å²) in [6, 6.07) is 0. The molecule has 0 aromatic carbocycles. The van der Waals surface area contributed by atoms with E-state index in [0.29, 0.717) is 10.6 Å². The van der Waals surface area contributed by atoms with E-state index in [1.165, 1.54) is 17.4 Å². The van der Waals surface area contributed by atoms with Crippen LogP contribution >= 0.6 is 11.3 Å². The maximum absolute atomic E-state index is 12.2. The van der Waals surface area contributed by atoms with E-state index >= 15 is 0 Å². The zero-order valence-corrected chi connectivity index (χ0v) is 11.0. The monoisotopic (exact) mass is 294 g/mol. The van der Waals surface area contributed by atoms with Crippen LogP contribution in [-0.2, 0) is 4.79 Å². The van der Waals surface area contributed by atoms with Crippen LogP contribution in [0, 0.1) is 6.92 Å². The molecule has 0 saturated carbocycles. The van der Waals surface area contributed by atoms with Crippen LogP contribution < -0.4 is 0 Å². The first kappa shape index (κ1) is 15.6. The van der Waals surface area contributed by atoms with Crippen LogP contribution in [0.2, 0.25) is 0 Å². The minimum absolute atomic E-state index is 0.362. The molecule has 4 nitrogen and oxygen atoms in total. The topological polar surface area (TPSA) is 53.4 Å². The number of carbonyl (C=O) groups is 1.